The number of fused-ring (bicyclic) bond motifs is 2. The molecule has 2 heterocycles. The number of ether oxygens (including phenoxy) is 2. The fraction of sp³-hybridized carbons (Fsp3) is 0.588. The van der Waals surface area contributed by atoms with Crippen LogP contribution < -0.4 is 0 Å². The normalized spacial score (nSPS) is 28.3. The Hall–Kier alpha value is -1.43. The van der Waals surface area contributed by atoms with Crippen molar-refractivity contribution < 1.29 is 19.1 Å². The SMILES string of the molecule is CC1CC2CC(CO1)ON2CCC(=O)OCc1ccccc1. The molecule has 0 aromatic heterocycles. The first kappa shape index (κ1) is 15.5. The van der Waals surface area contributed by atoms with Gasteiger partial charge in [-0.1, -0.05) is 30.3 Å². The first-order valence-electron chi connectivity index (χ1n) is 7.95. The van der Waals surface area contributed by atoms with Crippen molar-refractivity contribution in [1.82, 2.24) is 5.06 Å². The van der Waals surface area contributed by atoms with Crippen LogP contribution in [0.5, 0.6) is 0 Å². The van der Waals surface area contributed by atoms with E-state index in [1.165, 1.54) is 0 Å². The van der Waals surface area contributed by atoms with Gasteiger partial charge in [0, 0.05) is 12.6 Å². The Kier molecular flexibility index (Phi) is 5.08. The van der Waals surface area contributed by atoms with Crippen LogP contribution >= 0.6 is 0 Å². The van der Waals surface area contributed by atoms with Gasteiger partial charge in [0.05, 0.1) is 19.1 Å². The lowest BCUT2D eigenvalue weighted by Crippen LogP contribution is -2.35. The number of carbonyl (C=O) groups is 1. The Morgan fingerprint density at radius 1 is 1.32 bits per heavy atom. The van der Waals surface area contributed by atoms with Gasteiger partial charge in [-0.25, -0.2) is 0 Å². The topological polar surface area (TPSA) is 48.0 Å². The second kappa shape index (κ2) is 7.22. The van der Waals surface area contributed by atoms with Gasteiger partial charge in [-0.05, 0) is 25.3 Å². The molecule has 0 aliphatic carbocycles. The van der Waals surface area contributed by atoms with E-state index in [1.807, 2.05) is 35.4 Å². The Balaban J connectivity index is 1.41. The fourth-order valence-corrected chi connectivity index (χ4v) is 3.02. The van der Waals surface area contributed by atoms with Crippen molar-refractivity contribution in [3.05, 3.63) is 35.9 Å². The zero-order chi connectivity index (χ0) is 15.4. The average molecular weight is 305 g/mol. The van der Waals surface area contributed by atoms with Crippen LogP contribution in [-0.4, -0.2) is 42.4 Å². The number of hydrogen-bond acceptors (Lipinski definition) is 5. The van der Waals surface area contributed by atoms with Crippen LogP contribution in [0.3, 0.4) is 0 Å². The Morgan fingerprint density at radius 2 is 2.14 bits per heavy atom. The summed E-state index contributed by atoms with van der Waals surface area (Å²) in [5.74, 6) is -0.184. The summed E-state index contributed by atoms with van der Waals surface area (Å²) in [6, 6.07) is 10.1. The second-order valence-corrected chi connectivity index (χ2v) is 6.03. The van der Waals surface area contributed by atoms with E-state index < -0.39 is 0 Å². The third-order valence-electron chi connectivity index (χ3n) is 4.18. The van der Waals surface area contributed by atoms with Crippen LogP contribution in [0.15, 0.2) is 30.3 Å². The standard InChI is InChI=1S/C17H23NO4/c1-13-9-15-10-16(12-20-13)22-18(15)8-7-17(19)21-11-14-5-3-2-4-6-14/h2-6,13,15-16H,7-12H2,1H3. The van der Waals surface area contributed by atoms with Gasteiger partial charge >= 0.3 is 5.97 Å². The molecule has 2 fully saturated rings. The van der Waals surface area contributed by atoms with E-state index in [0.29, 0.717) is 32.2 Å². The number of hydroxylamine groups is 2. The summed E-state index contributed by atoms with van der Waals surface area (Å²) in [6.07, 6.45) is 2.69. The molecule has 2 saturated heterocycles. The van der Waals surface area contributed by atoms with Gasteiger partial charge in [0.25, 0.3) is 0 Å². The summed E-state index contributed by atoms with van der Waals surface area (Å²) in [6.45, 7) is 3.65. The van der Waals surface area contributed by atoms with Gasteiger partial charge in [0.15, 0.2) is 0 Å². The van der Waals surface area contributed by atoms with E-state index in [2.05, 4.69) is 6.92 Å². The number of carbonyl (C=O) groups excluding carboxylic acids is 1. The van der Waals surface area contributed by atoms with Crippen LogP contribution in [-0.2, 0) is 25.7 Å². The van der Waals surface area contributed by atoms with Crippen molar-refractivity contribution in [1.29, 1.82) is 0 Å². The molecule has 0 amide bonds. The summed E-state index contributed by atoms with van der Waals surface area (Å²) in [7, 11) is 0. The van der Waals surface area contributed by atoms with Crippen LogP contribution in [0.4, 0.5) is 0 Å². The number of rotatable bonds is 5. The average Bonchev–Trinajstić information content (AvgIpc) is 2.81. The minimum Gasteiger partial charge on any atom is -0.461 e. The van der Waals surface area contributed by atoms with E-state index in [0.717, 1.165) is 18.4 Å². The summed E-state index contributed by atoms with van der Waals surface area (Å²) in [5.41, 5.74) is 1.01. The Morgan fingerprint density at radius 3 is 2.95 bits per heavy atom. The molecule has 1 aromatic rings. The van der Waals surface area contributed by atoms with Crippen molar-refractivity contribution in [3.8, 4) is 0 Å². The van der Waals surface area contributed by atoms with E-state index in [-0.39, 0.29) is 18.2 Å². The molecule has 120 valence electrons. The van der Waals surface area contributed by atoms with Gasteiger partial charge in [0.1, 0.15) is 12.7 Å². The van der Waals surface area contributed by atoms with Crippen LogP contribution in [0.2, 0.25) is 0 Å². The third kappa shape index (κ3) is 4.06. The highest BCUT2D eigenvalue weighted by Gasteiger charge is 2.37. The molecule has 3 unspecified atom stereocenters. The summed E-state index contributed by atoms with van der Waals surface area (Å²) in [5, 5.41) is 1.95. The van der Waals surface area contributed by atoms with Crippen molar-refractivity contribution in [3.63, 3.8) is 0 Å². The first-order chi connectivity index (χ1) is 10.7. The summed E-state index contributed by atoms with van der Waals surface area (Å²) in [4.78, 5) is 17.7. The maximum atomic E-state index is 11.9. The lowest BCUT2D eigenvalue weighted by atomic mass is 10.1. The van der Waals surface area contributed by atoms with Crippen molar-refractivity contribution in [2.24, 2.45) is 0 Å². The highest BCUT2D eigenvalue weighted by Crippen LogP contribution is 2.29. The maximum absolute atomic E-state index is 11.9. The molecule has 5 heteroatoms. The predicted octanol–water partition coefficient (Wildman–Crippen LogP) is 2.30. The van der Waals surface area contributed by atoms with Crippen molar-refractivity contribution in [2.45, 2.75) is 51.0 Å². The van der Waals surface area contributed by atoms with Gasteiger partial charge in [-0.3, -0.25) is 9.63 Å². The highest BCUT2D eigenvalue weighted by atomic mass is 16.7. The maximum Gasteiger partial charge on any atom is 0.307 e. The molecule has 0 radical (unpaired) electrons. The molecule has 2 aliphatic rings. The van der Waals surface area contributed by atoms with E-state index in [4.69, 9.17) is 14.3 Å². The monoisotopic (exact) mass is 305 g/mol. The largest absolute Gasteiger partial charge is 0.461 e. The number of esters is 1. The molecule has 1 aromatic carbocycles. The third-order valence-corrected chi connectivity index (χ3v) is 4.18. The molecule has 0 spiro atoms. The highest BCUT2D eigenvalue weighted by molar-refractivity contribution is 5.69. The van der Waals surface area contributed by atoms with E-state index in [9.17, 15) is 4.79 Å². The Labute approximate surface area is 131 Å². The quantitative estimate of drug-likeness (QED) is 0.781. The first-order valence-corrected chi connectivity index (χ1v) is 7.95. The number of benzene rings is 1. The minimum absolute atomic E-state index is 0.135. The smallest absolute Gasteiger partial charge is 0.307 e. The van der Waals surface area contributed by atoms with Gasteiger partial charge < -0.3 is 9.47 Å². The van der Waals surface area contributed by atoms with Crippen LogP contribution in [0.1, 0.15) is 31.7 Å². The molecule has 0 N–H and O–H groups in total. The predicted molar refractivity (Wildman–Crippen MR) is 80.9 cm³/mol. The molecular formula is C17H23NO4. The Bertz CT molecular complexity index is 493. The molecule has 0 saturated carbocycles. The van der Waals surface area contributed by atoms with Gasteiger partial charge in [-0.2, -0.15) is 5.06 Å². The molecule has 22 heavy (non-hydrogen) atoms. The zero-order valence-electron chi connectivity index (χ0n) is 12.9. The molecule has 2 aliphatic heterocycles. The van der Waals surface area contributed by atoms with Crippen molar-refractivity contribution in [2.75, 3.05) is 13.2 Å². The van der Waals surface area contributed by atoms with E-state index in [1.54, 1.807) is 0 Å². The summed E-state index contributed by atoms with van der Waals surface area (Å²) < 4.78 is 11.0. The van der Waals surface area contributed by atoms with Crippen LogP contribution in [0.25, 0.3) is 0 Å². The number of nitrogens with zero attached hydrogens (tertiary/aromatic N) is 1. The minimum atomic E-state index is -0.184. The molecule has 5 nitrogen and oxygen atoms in total. The summed E-state index contributed by atoms with van der Waals surface area (Å²) >= 11 is 0. The van der Waals surface area contributed by atoms with Crippen molar-refractivity contribution >= 4 is 5.97 Å². The zero-order valence-corrected chi connectivity index (χ0v) is 12.9. The lowest BCUT2D eigenvalue weighted by Gasteiger charge is -2.26. The number of hydrogen-bond donors (Lipinski definition) is 0. The van der Waals surface area contributed by atoms with E-state index >= 15 is 0 Å². The molecular weight excluding hydrogens is 282 g/mol. The molecule has 3 atom stereocenters. The second-order valence-electron chi connectivity index (χ2n) is 6.03. The van der Waals surface area contributed by atoms with Crippen LogP contribution in [0, 0.1) is 0 Å². The molecule has 2 bridgehead atoms. The van der Waals surface area contributed by atoms with Gasteiger partial charge in [0.2, 0.25) is 0 Å². The molecule has 3 rings (SSSR count). The lowest BCUT2D eigenvalue weighted by molar-refractivity contribution is -0.197. The fourth-order valence-electron chi connectivity index (χ4n) is 3.02. The van der Waals surface area contributed by atoms with Gasteiger partial charge in [-0.15, -0.1) is 0 Å².